The van der Waals surface area contributed by atoms with Gasteiger partial charge in [0.1, 0.15) is 0 Å². The first kappa shape index (κ1) is 12.0. The highest BCUT2D eigenvalue weighted by molar-refractivity contribution is 6.30. The van der Waals surface area contributed by atoms with Crippen LogP contribution < -0.4 is 11.1 Å². The Kier molecular flexibility index (Phi) is 4.59. The van der Waals surface area contributed by atoms with Gasteiger partial charge in [-0.15, -0.1) is 0 Å². The summed E-state index contributed by atoms with van der Waals surface area (Å²) < 4.78 is 0. The van der Waals surface area contributed by atoms with Crippen LogP contribution in [0.15, 0.2) is 24.3 Å². The van der Waals surface area contributed by atoms with Crippen LogP contribution in [0.3, 0.4) is 0 Å². The Labute approximate surface area is 94.6 Å². The number of hydrogen-bond acceptors (Lipinski definition) is 2. The maximum Gasteiger partial charge on any atom is 0.241 e. The Morgan fingerprint density at radius 3 is 2.93 bits per heavy atom. The van der Waals surface area contributed by atoms with Crippen molar-refractivity contribution in [1.29, 1.82) is 0 Å². The van der Waals surface area contributed by atoms with E-state index >= 15 is 0 Å². The van der Waals surface area contributed by atoms with E-state index in [9.17, 15) is 4.79 Å². The van der Waals surface area contributed by atoms with Gasteiger partial charge in [0, 0.05) is 10.7 Å². The molecule has 0 unspecified atom stereocenters. The van der Waals surface area contributed by atoms with Crippen LogP contribution in [-0.4, -0.2) is 11.9 Å². The minimum atomic E-state index is -0.450. The fraction of sp³-hybridized carbons (Fsp3) is 0.364. The predicted molar refractivity (Wildman–Crippen MR) is 63.0 cm³/mol. The van der Waals surface area contributed by atoms with Crippen LogP contribution in [0.4, 0.5) is 5.69 Å². The third-order valence-corrected chi connectivity index (χ3v) is 2.26. The van der Waals surface area contributed by atoms with Crippen molar-refractivity contribution in [2.45, 2.75) is 25.8 Å². The Bertz CT molecular complexity index is 341. The van der Waals surface area contributed by atoms with Gasteiger partial charge >= 0.3 is 0 Å². The Morgan fingerprint density at radius 1 is 1.60 bits per heavy atom. The normalized spacial score (nSPS) is 12.2. The molecule has 1 atom stereocenters. The molecule has 0 aliphatic carbocycles. The molecule has 1 amide bonds. The lowest BCUT2D eigenvalue weighted by Gasteiger charge is -2.11. The molecule has 15 heavy (non-hydrogen) atoms. The minimum absolute atomic E-state index is 0.167. The summed E-state index contributed by atoms with van der Waals surface area (Å²) in [6, 6.07) is 6.56. The van der Waals surface area contributed by atoms with E-state index in [1.807, 2.05) is 6.92 Å². The highest BCUT2D eigenvalue weighted by atomic mass is 35.5. The maximum absolute atomic E-state index is 11.5. The molecule has 1 aromatic rings. The van der Waals surface area contributed by atoms with Crippen molar-refractivity contribution < 1.29 is 4.79 Å². The lowest BCUT2D eigenvalue weighted by Crippen LogP contribution is -2.35. The zero-order chi connectivity index (χ0) is 11.3. The first-order valence-corrected chi connectivity index (χ1v) is 5.33. The number of carbonyl (C=O) groups is 1. The van der Waals surface area contributed by atoms with Gasteiger partial charge in [0.25, 0.3) is 0 Å². The average molecular weight is 227 g/mol. The molecule has 1 rings (SSSR count). The van der Waals surface area contributed by atoms with Gasteiger partial charge < -0.3 is 11.1 Å². The quantitative estimate of drug-likeness (QED) is 0.829. The van der Waals surface area contributed by atoms with E-state index in [1.54, 1.807) is 24.3 Å². The summed E-state index contributed by atoms with van der Waals surface area (Å²) in [6.07, 6.45) is 1.58. The van der Waals surface area contributed by atoms with Gasteiger partial charge in [-0.1, -0.05) is 31.0 Å². The largest absolute Gasteiger partial charge is 0.325 e. The maximum atomic E-state index is 11.5. The first-order valence-electron chi connectivity index (χ1n) is 4.95. The number of nitrogens with one attached hydrogen (secondary N) is 1. The molecule has 0 heterocycles. The van der Waals surface area contributed by atoms with Gasteiger partial charge in [-0.05, 0) is 24.6 Å². The number of halogens is 1. The molecule has 0 saturated heterocycles. The highest BCUT2D eigenvalue weighted by Gasteiger charge is 2.11. The molecule has 0 fully saturated rings. The minimum Gasteiger partial charge on any atom is -0.325 e. The summed E-state index contributed by atoms with van der Waals surface area (Å²) in [4.78, 5) is 11.5. The summed E-state index contributed by atoms with van der Waals surface area (Å²) in [5.74, 6) is -0.167. The summed E-state index contributed by atoms with van der Waals surface area (Å²) in [7, 11) is 0. The van der Waals surface area contributed by atoms with Crippen LogP contribution in [0.5, 0.6) is 0 Å². The molecule has 0 bridgehead atoms. The molecule has 82 valence electrons. The Hall–Kier alpha value is -1.06. The average Bonchev–Trinajstić information content (AvgIpc) is 2.18. The van der Waals surface area contributed by atoms with Crippen LogP contribution in [-0.2, 0) is 4.79 Å². The van der Waals surface area contributed by atoms with Crippen molar-refractivity contribution in [3.05, 3.63) is 29.3 Å². The second kappa shape index (κ2) is 5.73. The topological polar surface area (TPSA) is 55.1 Å². The molecule has 0 aliphatic heterocycles. The standard InChI is InChI=1S/C11H15ClN2O/c1-2-4-10(13)11(15)14-9-6-3-5-8(12)7-9/h3,5-7,10H,2,4,13H2,1H3,(H,14,15)/t10-/m1/s1. The van der Waals surface area contributed by atoms with Crippen LogP contribution in [0, 0.1) is 0 Å². The third kappa shape index (κ3) is 3.90. The fourth-order valence-corrected chi connectivity index (χ4v) is 1.43. The summed E-state index contributed by atoms with van der Waals surface area (Å²) in [6.45, 7) is 1.99. The molecule has 0 aliphatic rings. The summed E-state index contributed by atoms with van der Waals surface area (Å²) in [5.41, 5.74) is 6.35. The van der Waals surface area contributed by atoms with Crippen molar-refractivity contribution in [2.75, 3.05) is 5.32 Å². The molecular formula is C11H15ClN2O. The number of carbonyl (C=O) groups excluding carboxylic acids is 1. The number of nitrogens with two attached hydrogens (primary N) is 1. The van der Waals surface area contributed by atoms with E-state index in [0.29, 0.717) is 17.1 Å². The molecule has 3 N–H and O–H groups in total. The van der Waals surface area contributed by atoms with E-state index in [1.165, 1.54) is 0 Å². The molecule has 3 nitrogen and oxygen atoms in total. The summed E-state index contributed by atoms with van der Waals surface area (Å²) >= 11 is 5.79. The third-order valence-electron chi connectivity index (χ3n) is 2.03. The number of hydrogen-bond donors (Lipinski definition) is 2. The van der Waals surface area contributed by atoms with Crippen LogP contribution >= 0.6 is 11.6 Å². The number of amides is 1. The van der Waals surface area contributed by atoms with Crippen molar-refractivity contribution in [1.82, 2.24) is 0 Å². The van der Waals surface area contributed by atoms with Gasteiger partial charge in [0.15, 0.2) is 0 Å². The Balaban J connectivity index is 2.58. The SMILES string of the molecule is CCC[C@@H](N)C(=O)Nc1cccc(Cl)c1. The number of anilines is 1. The molecule has 0 radical (unpaired) electrons. The van der Waals surface area contributed by atoms with E-state index < -0.39 is 6.04 Å². The van der Waals surface area contributed by atoms with Crippen LogP contribution in [0.25, 0.3) is 0 Å². The second-order valence-electron chi connectivity index (χ2n) is 3.39. The van der Waals surface area contributed by atoms with Gasteiger partial charge in [-0.2, -0.15) is 0 Å². The zero-order valence-corrected chi connectivity index (χ0v) is 9.42. The highest BCUT2D eigenvalue weighted by Crippen LogP contribution is 2.15. The van der Waals surface area contributed by atoms with E-state index in [-0.39, 0.29) is 5.91 Å². The molecule has 0 saturated carbocycles. The molecule has 4 heteroatoms. The van der Waals surface area contributed by atoms with Crippen LogP contribution in [0.2, 0.25) is 5.02 Å². The molecule has 1 aromatic carbocycles. The molecule has 0 spiro atoms. The van der Waals surface area contributed by atoms with Crippen molar-refractivity contribution in [2.24, 2.45) is 5.73 Å². The first-order chi connectivity index (χ1) is 7.13. The Morgan fingerprint density at radius 2 is 2.33 bits per heavy atom. The monoisotopic (exact) mass is 226 g/mol. The lowest BCUT2D eigenvalue weighted by atomic mass is 10.1. The van der Waals surface area contributed by atoms with Gasteiger partial charge in [0.2, 0.25) is 5.91 Å². The lowest BCUT2D eigenvalue weighted by molar-refractivity contribution is -0.117. The molecule has 0 aromatic heterocycles. The van der Waals surface area contributed by atoms with E-state index in [4.69, 9.17) is 17.3 Å². The molecular weight excluding hydrogens is 212 g/mol. The van der Waals surface area contributed by atoms with E-state index in [0.717, 1.165) is 6.42 Å². The van der Waals surface area contributed by atoms with Crippen LogP contribution in [0.1, 0.15) is 19.8 Å². The van der Waals surface area contributed by atoms with Crippen molar-refractivity contribution in [3.63, 3.8) is 0 Å². The van der Waals surface area contributed by atoms with Gasteiger partial charge in [0.05, 0.1) is 6.04 Å². The smallest absolute Gasteiger partial charge is 0.241 e. The van der Waals surface area contributed by atoms with Gasteiger partial charge in [-0.3, -0.25) is 4.79 Å². The van der Waals surface area contributed by atoms with E-state index in [2.05, 4.69) is 5.32 Å². The number of benzene rings is 1. The zero-order valence-electron chi connectivity index (χ0n) is 8.66. The second-order valence-corrected chi connectivity index (χ2v) is 3.83. The predicted octanol–water partition coefficient (Wildman–Crippen LogP) is 2.41. The fourth-order valence-electron chi connectivity index (χ4n) is 1.24. The van der Waals surface area contributed by atoms with Gasteiger partial charge in [-0.25, -0.2) is 0 Å². The van der Waals surface area contributed by atoms with Crippen molar-refractivity contribution >= 4 is 23.2 Å². The van der Waals surface area contributed by atoms with Crippen molar-refractivity contribution in [3.8, 4) is 0 Å². The summed E-state index contributed by atoms with van der Waals surface area (Å²) in [5, 5.41) is 3.31. The number of rotatable bonds is 4.